The summed E-state index contributed by atoms with van der Waals surface area (Å²) in [5.41, 5.74) is 1.68. The second kappa shape index (κ2) is 11.6. The molecule has 7 heteroatoms. The van der Waals surface area contributed by atoms with Crippen molar-refractivity contribution in [3.8, 4) is 11.5 Å². The molecule has 0 unspecified atom stereocenters. The van der Waals surface area contributed by atoms with Crippen molar-refractivity contribution in [3.63, 3.8) is 0 Å². The summed E-state index contributed by atoms with van der Waals surface area (Å²) in [6.45, 7) is 19.9. The third kappa shape index (κ3) is 7.49. The van der Waals surface area contributed by atoms with Crippen LogP contribution in [-0.4, -0.2) is 33.0 Å². The number of halogens is 2. The Morgan fingerprint density at radius 1 is 0.629 bits per heavy atom. The summed E-state index contributed by atoms with van der Waals surface area (Å²) < 4.78 is 23.2. The molecule has 2 aromatic rings. The SMILES string of the molecule is COCOc1c(P(c2cc(Cl)cc(C(C)(C)C)c2OCOC)C(C)(C)C)cc(Cl)cc1C(C)(C)C. The van der Waals surface area contributed by atoms with Gasteiger partial charge >= 0.3 is 0 Å². The zero-order valence-corrected chi connectivity index (χ0v) is 25.5. The van der Waals surface area contributed by atoms with Gasteiger partial charge in [-0.05, 0) is 48.2 Å². The van der Waals surface area contributed by atoms with Crippen LogP contribution >= 0.6 is 31.1 Å². The molecule has 0 aliphatic carbocycles. The molecule has 0 saturated carbocycles. The minimum atomic E-state index is -1.06. The van der Waals surface area contributed by atoms with E-state index in [1.54, 1.807) is 14.2 Å². The maximum Gasteiger partial charge on any atom is 0.188 e. The molecular formula is C28H41Cl2O4P. The second-order valence-corrected chi connectivity index (χ2v) is 15.6. The van der Waals surface area contributed by atoms with Crippen LogP contribution in [0.3, 0.4) is 0 Å². The van der Waals surface area contributed by atoms with Gasteiger partial charge in [-0.3, -0.25) is 0 Å². The maximum atomic E-state index is 6.75. The van der Waals surface area contributed by atoms with Crippen molar-refractivity contribution in [2.45, 2.75) is 78.3 Å². The molecule has 0 atom stereocenters. The molecule has 0 aliphatic heterocycles. The lowest BCUT2D eigenvalue weighted by molar-refractivity contribution is 0.0505. The molecule has 196 valence electrons. The van der Waals surface area contributed by atoms with Crippen LogP contribution in [0, 0.1) is 0 Å². The van der Waals surface area contributed by atoms with Crippen molar-refractivity contribution in [2.24, 2.45) is 0 Å². The van der Waals surface area contributed by atoms with Crippen LogP contribution in [0.15, 0.2) is 24.3 Å². The first-order chi connectivity index (χ1) is 16.0. The molecule has 35 heavy (non-hydrogen) atoms. The van der Waals surface area contributed by atoms with Gasteiger partial charge in [0.1, 0.15) is 11.5 Å². The van der Waals surface area contributed by atoms with Gasteiger partial charge in [0.25, 0.3) is 0 Å². The zero-order valence-electron chi connectivity index (χ0n) is 23.1. The average Bonchev–Trinajstić information content (AvgIpc) is 2.69. The van der Waals surface area contributed by atoms with Crippen molar-refractivity contribution in [3.05, 3.63) is 45.4 Å². The molecule has 2 aromatic carbocycles. The Morgan fingerprint density at radius 2 is 0.971 bits per heavy atom. The Balaban J connectivity index is 3.02. The summed E-state index contributed by atoms with van der Waals surface area (Å²) >= 11 is 13.5. The summed E-state index contributed by atoms with van der Waals surface area (Å²) in [5.74, 6) is 1.61. The highest BCUT2D eigenvalue weighted by Gasteiger charge is 2.37. The molecule has 0 heterocycles. The Hall–Kier alpha value is -1.03. The number of ether oxygens (including phenoxy) is 4. The monoisotopic (exact) mass is 542 g/mol. The van der Waals surface area contributed by atoms with Gasteiger partial charge in [0, 0.05) is 46.0 Å². The van der Waals surface area contributed by atoms with E-state index in [1.165, 1.54) is 0 Å². The van der Waals surface area contributed by atoms with E-state index in [2.05, 4.69) is 62.3 Å². The largest absolute Gasteiger partial charge is 0.467 e. The average molecular weight is 544 g/mol. The van der Waals surface area contributed by atoms with Crippen molar-refractivity contribution in [2.75, 3.05) is 27.8 Å². The predicted molar refractivity (Wildman–Crippen MR) is 151 cm³/mol. The van der Waals surface area contributed by atoms with E-state index in [4.69, 9.17) is 42.1 Å². The van der Waals surface area contributed by atoms with Crippen molar-refractivity contribution >= 4 is 41.7 Å². The molecule has 0 bridgehead atoms. The minimum Gasteiger partial charge on any atom is -0.467 e. The van der Waals surface area contributed by atoms with Crippen LogP contribution in [0.25, 0.3) is 0 Å². The van der Waals surface area contributed by atoms with Crippen LogP contribution in [0.1, 0.15) is 73.4 Å². The van der Waals surface area contributed by atoms with E-state index < -0.39 is 7.92 Å². The van der Waals surface area contributed by atoms with E-state index in [1.807, 2.05) is 24.3 Å². The first-order valence-corrected chi connectivity index (χ1v) is 13.8. The maximum absolute atomic E-state index is 6.75. The molecule has 0 spiro atoms. The lowest BCUT2D eigenvalue weighted by Crippen LogP contribution is -2.32. The molecule has 0 fully saturated rings. The molecule has 4 nitrogen and oxygen atoms in total. The summed E-state index contributed by atoms with van der Waals surface area (Å²) in [7, 11) is 2.20. The predicted octanol–water partition coefficient (Wildman–Crippen LogP) is 7.79. The molecule has 2 rings (SSSR count). The summed E-state index contributed by atoms with van der Waals surface area (Å²) in [6.07, 6.45) is 0. The third-order valence-electron chi connectivity index (χ3n) is 5.48. The normalized spacial score (nSPS) is 12.9. The Labute approximate surface area is 223 Å². The molecule has 0 aromatic heterocycles. The van der Waals surface area contributed by atoms with Crippen LogP contribution in [0.4, 0.5) is 0 Å². The van der Waals surface area contributed by atoms with E-state index >= 15 is 0 Å². The lowest BCUT2D eigenvalue weighted by Gasteiger charge is -2.37. The third-order valence-corrected chi connectivity index (χ3v) is 8.89. The lowest BCUT2D eigenvalue weighted by atomic mass is 9.86. The summed E-state index contributed by atoms with van der Waals surface area (Å²) in [4.78, 5) is 0. The Bertz CT molecular complexity index is 942. The number of benzene rings is 2. The highest BCUT2D eigenvalue weighted by atomic mass is 35.5. The van der Waals surface area contributed by atoms with Crippen LogP contribution < -0.4 is 20.1 Å². The van der Waals surface area contributed by atoms with Crippen LogP contribution in [-0.2, 0) is 20.3 Å². The topological polar surface area (TPSA) is 36.9 Å². The van der Waals surface area contributed by atoms with E-state index in [-0.39, 0.29) is 29.6 Å². The number of rotatable bonds is 8. The van der Waals surface area contributed by atoms with Crippen molar-refractivity contribution in [1.29, 1.82) is 0 Å². The quantitative estimate of drug-likeness (QED) is 0.252. The molecule has 0 amide bonds. The number of hydrogen-bond donors (Lipinski definition) is 0. The zero-order chi connectivity index (χ0) is 26.8. The van der Waals surface area contributed by atoms with Gasteiger partial charge in [0.15, 0.2) is 13.6 Å². The molecule has 0 saturated heterocycles. The second-order valence-electron chi connectivity index (χ2n) is 11.7. The Kier molecular flexibility index (Phi) is 9.98. The van der Waals surface area contributed by atoms with E-state index in [0.717, 1.165) is 33.2 Å². The van der Waals surface area contributed by atoms with Crippen molar-refractivity contribution in [1.82, 2.24) is 0 Å². The Morgan fingerprint density at radius 3 is 1.23 bits per heavy atom. The fourth-order valence-corrected chi connectivity index (χ4v) is 7.60. The van der Waals surface area contributed by atoms with Crippen LogP contribution in [0.5, 0.6) is 11.5 Å². The molecule has 0 radical (unpaired) electrons. The van der Waals surface area contributed by atoms with Gasteiger partial charge in [0.2, 0.25) is 0 Å². The first kappa shape index (κ1) is 30.2. The molecule has 0 aliphatic rings. The molecular weight excluding hydrogens is 502 g/mol. The minimum absolute atomic E-state index is 0.140. The van der Waals surface area contributed by atoms with Gasteiger partial charge in [-0.2, -0.15) is 0 Å². The summed E-state index contributed by atoms with van der Waals surface area (Å²) in [6, 6.07) is 8.03. The number of methoxy groups -OCH3 is 2. The van der Waals surface area contributed by atoms with Crippen molar-refractivity contribution < 1.29 is 18.9 Å². The fraction of sp³-hybridized carbons (Fsp3) is 0.571. The van der Waals surface area contributed by atoms with Gasteiger partial charge in [-0.25, -0.2) is 0 Å². The standard InChI is InChI=1S/C28H41Cl2O4P/c1-26(2,3)20-12-18(29)14-22(24(20)33-16-31-10)35(28(7,8)9)23-15-19(30)13-21(27(4,5)6)25(23)34-17-32-11/h12-15H,16-17H2,1-11H3. The summed E-state index contributed by atoms with van der Waals surface area (Å²) in [5, 5.41) is 3.23. The smallest absolute Gasteiger partial charge is 0.188 e. The number of hydrogen-bond acceptors (Lipinski definition) is 4. The van der Waals surface area contributed by atoms with Gasteiger partial charge in [0.05, 0.1) is 0 Å². The first-order valence-electron chi connectivity index (χ1n) is 11.7. The highest BCUT2D eigenvalue weighted by Crippen LogP contribution is 2.54. The van der Waals surface area contributed by atoms with Crippen LogP contribution in [0.2, 0.25) is 10.0 Å². The van der Waals surface area contributed by atoms with E-state index in [0.29, 0.717) is 10.0 Å². The van der Waals surface area contributed by atoms with E-state index in [9.17, 15) is 0 Å². The van der Waals surface area contributed by atoms with Gasteiger partial charge < -0.3 is 18.9 Å². The highest BCUT2D eigenvalue weighted by molar-refractivity contribution is 7.74. The fourth-order valence-electron chi connectivity index (χ4n) is 4.00. The van der Waals surface area contributed by atoms with Gasteiger partial charge in [-0.15, -0.1) is 0 Å². The molecule has 0 N–H and O–H groups in total. The van der Waals surface area contributed by atoms with Gasteiger partial charge in [-0.1, -0.05) is 85.5 Å².